The molecule has 9 nitrogen and oxygen atoms in total. The van der Waals surface area contributed by atoms with E-state index in [0.717, 1.165) is 17.2 Å². The van der Waals surface area contributed by atoms with Crippen molar-refractivity contribution in [1.29, 1.82) is 0 Å². The van der Waals surface area contributed by atoms with Crippen molar-refractivity contribution in [3.05, 3.63) is 112 Å². The SMILES string of the molecule is Cc1cccc2cc([C@H](C)NC(=O)c3nc(-c4ccc(S(C)(=O)=O)cc4)cnc3N)n(-c3ccccc3)c(=O)c12. The predicted octanol–water partition coefficient (Wildman–Crippen LogP) is 4.23. The predicted molar refractivity (Wildman–Crippen MR) is 155 cm³/mol. The lowest BCUT2D eigenvalue weighted by molar-refractivity contribution is 0.0934. The smallest absolute Gasteiger partial charge is 0.274 e. The molecule has 0 saturated carbocycles. The Morgan fingerprint density at radius 3 is 2.38 bits per heavy atom. The summed E-state index contributed by atoms with van der Waals surface area (Å²) in [7, 11) is -3.36. The van der Waals surface area contributed by atoms with Crippen molar-refractivity contribution >= 4 is 32.3 Å². The van der Waals surface area contributed by atoms with E-state index in [4.69, 9.17) is 5.73 Å². The van der Waals surface area contributed by atoms with Crippen molar-refractivity contribution in [2.45, 2.75) is 24.8 Å². The molecule has 3 N–H and O–H groups in total. The summed E-state index contributed by atoms with van der Waals surface area (Å²) < 4.78 is 25.2. The summed E-state index contributed by atoms with van der Waals surface area (Å²) >= 11 is 0. The van der Waals surface area contributed by atoms with Crippen molar-refractivity contribution in [3.63, 3.8) is 0 Å². The first kappa shape index (κ1) is 26.8. The third-order valence-corrected chi connectivity index (χ3v) is 7.81. The Labute approximate surface area is 231 Å². The van der Waals surface area contributed by atoms with E-state index in [9.17, 15) is 18.0 Å². The van der Waals surface area contributed by atoms with E-state index in [-0.39, 0.29) is 22.0 Å². The fraction of sp³-hybridized carbons (Fsp3) is 0.133. The highest BCUT2D eigenvalue weighted by Gasteiger charge is 2.22. The number of aryl methyl sites for hydroxylation is 1. The molecule has 0 saturated heterocycles. The molecule has 1 amide bonds. The number of pyridine rings is 1. The molecule has 0 fully saturated rings. The van der Waals surface area contributed by atoms with E-state index in [0.29, 0.717) is 28.0 Å². The number of nitrogen functional groups attached to an aromatic ring is 1. The standard InChI is InChI=1S/C30H27N5O4S/c1-18-8-7-9-21-16-25(35(30(37)26(18)21)22-10-5-4-6-11-22)19(2)33-29(36)27-28(31)32-17-24(34-27)20-12-14-23(15-13-20)40(3,38)39/h4-17,19H,1-3H3,(H2,31,32)(H,33,36)/t19-/m0/s1. The molecule has 0 aliphatic heterocycles. The average molecular weight is 554 g/mol. The van der Waals surface area contributed by atoms with Crippen LogP contribution < -0.4 is 16.6 Å². The number of nitrogens with one attached hydrogen (secondary N) is 1. The van der Waals surface area contributed by atoms with Gasteiger partial charge in [-0.15, -0.1) is 0 Å². The molecule has 5 rings (SSSR count). The molecule has 40 heavy (non-hydrogen) atoms. The van der Waals surface area contributed by atoms with Gasteiger partial charge in [-0.3, -0.25) is 14.2 Å². The molecule has 10 heteroatoms. The van der Waals surface area contributed by atoms with Gasteiger partial charge in [0.15, 0.2) is 21.3 Å². The van der Waals surface area contributed by atoms with Crippen molar-refractivity contribution < 1.29 is 13.2 Å². The van der Waals surface area contributed by atoms with Crippen LogP contribution >= 0.6 is 0 Å². The molecule has 202 valence electrons. The van der Waals surface area contributed by atoms with Crippen LogP contribution in [0.4, 0.5) is 5.82 Å². The number of carbonyl (C=O) groups is 1. The lowest BCUT2D eigenvalue weighted by Gasteiger charge is -2.21. The molecule has 5 aromatic rings. The number of hydrogen-bond donors (Lipinski definition) is 2. The van der Waals surface area contributed by atoms with Crippen molar-refractivity contribution in [1.82, 2.24) is 19.9 Å². The molecule has 2 heterocycles. The minimum Gasteiger partial charge on any atom is -0.382 e. The highest BCUT2D eigenvalue weighted by atomic mass is 32.2. The first-order valence-electron chi connectivity index (χ1n) is 12.5. The van der Waals surface area contributed by atoms with E-state index in [1.165, 1.54) is 18.3 Å². The lowest BCUT2D eigenvalue weighted by Crippen LogP contribution is -2.33. The molecule has 0 aliphatic carbocycles. The third kappa shape index (κ3) is 5.08. The van der Waals surface area contributed by atoms with Crippen molar-refractivity contribution in [2.75, 3.05) is 12.0 Å². The minimum absolute atomic E-state index is 0.0595. The molecule has 3 aromatic carbocycles. The Morgan fingerprint density at radius 2 is 1.70 bits per heavy atom. The second-order valence-corrected chi connectivity index (χ2v) is 11.6. The number of sulfone groups is 1. The largest absolute Gasteiger partial charge is 0.382 e. The van der Waals surface area contributed by atoms with Crippen LogP contribution in [0.2, 0.25) is 0 Å². The van der Waals surface area contributed by atoms with E-state index < -0.39 is 21.8 Å². The van der Waals surface area contributed by atoms with Gasteiger partial charge >= 0.3 is 0 Å². The summed E-state index contributed by atoms with van der Waals surface area (Å²) in [4.78, 5) is 35.9. The monoisotopic (exact) mass is 553 g/mol. The number of nitrogens with zero attached hydrogens (tertiary/aromatic N) is 3. The van der Waals surface area contributed by atoms with Gasteiger partial charge in [0.05, 0.1) is 28.2 Å². The number of para-hydroxylation sites is 1. The van der Waals surface area contributed by atoms with Gasteiger partial charge in [-0.2, -0.15) is 0 Å². The molecule has 0 aliphatic rings. The Balaban J connectivity index is 1.53. The maximum Gasteiger partial charge on any atom is 0.274 e. The van der Waals surface area contributed by atoms with Gasteiger partial charge in [-0.25, -0.2) is 18.4 Å². The van der Waals surface area contributed by atoms with Gasteiger partial charge in [0.2, 0.25) is 0 Å². The van der Waals surface area contributed by atoms with E-state index in [1.807, 2.05) is 61.5 Å². The Kier molecular flexibility index (Phi) is 6.95. The van der Waals surface area contributed by atoms with Crippen LogP contribution in [0.1, 0.15) is 34.7 Å². The molecule has 0 radical (unpaired) electrons. The first-order valence-corrected chi connectivity index (χ1v) is 14.4. The van der Waals surface area contributed by atoms with Crippen LogP contribution in [-0.4, -0.2) is 35.1 Å². The van der Waals surface area contributed by atoms with Gasteiger partial charge in [0, 0.05) is 23.2 Å². The van der Waals surface area contributed by atoms with Crippen LogP contribution in [0.25, 0.3) is 27.7 Å². The highest BCUT2D eigenvalue weighted by molar-refractivity contribution is 7.90. The molecular weight excluding hydrogens is 526 g/mol. The summed E-state index contributed by atoms with van der Waals surface area (Å²) in [5.41, 5.74) is 8.82. The molecular formula is C30H27N5O4S. The summed E-state index contributed by atoms with van der Waals surface area (Å²) in [5.74, 6) is -0.626. The average Bonchev–Trinajstić information content (AvgIpc) is 2.93. The first-order chi connectivity index (χ1) is 19.0. The number of fused-ring (bicyclic) bond motifs is 1. The fourth-order valence-corrected chi connectivity index (χ4v) is 5.26. The maximum absolute atomic E-state index is 13.7. The van der Waals surface area contributed by atoms with Gasteiger partial charge < -0.3 is 11.1 Å². The maximum atomic E-state index is 13.7. The quantitative estimate of drug-likeness (QED) is 0.321. The number of aromatic nitrogens is 3. The third-order valence-electron chi connectivity index (χ3n) is 6.68. The second-order valence-electron chi connectivity index (χ2n) is 9.57. The highest BCUT2D eigenvalue weighted by Crippen LogP contribution is 2.25. The van der Waals surface area contributed by atoms with Crippen LogP contribution in [0, 0.1) is 6.92 Å². The number of carbonyl (C=O) groups excluding carboxylic acids is 1. The molecule has 1 atom stereocenters. The number of benzene rings is 3. The summed E-state index contributed by atoms with van der Waals surface area (Å²) in [6.07, 6.45) is 2.55. The van der Waals surface area contributed by atoms with E-state index in [1.54, 1.807) is 23.6 Å². The number of nitrogens with two attached hydrogens (primary N) is 1. The van der Waals surface area contributed by atoms with Crippen molar-refractivity contribution in [2.24, 2.45) is 0 Å². The summed E-state index contributed by atoms with van der Waals surface area (Å²) in [6.45, 7) is 3.68. The van der Waals surface area contributed by atoms with E-state index in [2.05, 4.69) is 15.3 Å². The minimum atomic E-state index is -3.36. The van der Waals surface area contributed by atoms with Crippen LogP contribution in [0.5, 0.6) is 0 Å². The van der Waals surface area contributed by atoms with Gasteiger partial charge in [-0.05, 0) is 55.1 Å². The number of anilines is 1. The molecule has 2 aromatic heterocycles. The van der Waals surface area contributed by atoms with Crippen molar-refractivity contribution in [3.8, 4) is 16.9 Å². The fourth-order valence-electron chi connectivity index (χ4n) is 4.63. The Morgan fingerprint density at radius 1 is 1.00 bits per heavy atom. The Hall–Kier alpha value is -4.83. The second kappa shape index (κ2) is 10.4. The zero-order valence-corrected chi connectivity index (χ0v) is 22.9. The number of rotatable bonds is 6. The van der Waals surface area contributed by atoms with Crippen LogP contribution in [0.15, 0.2) is 94.7 Å². The molecule has 0 unspecified atom stereocenters. The molecule has 0 bridgehead atoms. The summed E-state index contributed by atoms with van der Waals surface area (Å²) in [6, 6.07) is 22.3. The van der Waals surface area contributed by atoms with Gasteiger partial charge in [0.25, 0.3) is 11.5 Å². The number of amides is 1. The van der Waals surface area contributed by atoms with Crippen LogP contribution in [-0.2, 0) is 9.84 Å². The van der Waals surface area contributed by atoms with E-state index >= 15 is 0 Å². The zero-order chi connectivity index (χ0) is 28.6. The topological polar surface area (TPSA) is 137 Å². The van der Waals surface area contributed by atoms with Gasteiger partial charge in [-0.1, -0.05) is 48.5 Å². The lowest BCUT2D eigenvalue weighted by atomic mass is 10.0. The normalized spacial score (nSPS) is 12.3. The van der Waals surface area contributed by atoms with Gasteiger partial charge in [0.1, 0.15) is 0 Å². The molecule has 0 spiro atoms. The van der Waals surface area contributed by atoms with Crippen LogP contribution in [0.3, 0.4) is 0 Å². The zero-order valence-electron chi connectivity index (χ0n) is 22.1. The number of hydrogen-bond acceptors (Lipinski definition) is 7. The Bertz CT molecular complexity index is 1920. The summed E-state index contributed by atoms with van der Waals surface area (Å²) in [5, 5.41) is 4.30.